The Kier molecular flexibility index (Phi) is 8.99. The number of esters is 1. The number of hydrogen-bond donors (Lipinski definition) is 2. The normalized spacial score (nSPS) is 20.3. The summed E-state index contributed by atoms with van der Waals surface area (Å²) in [6.45, 7) is 2.76. The van der Waals surface area contributed by atoms with Crippen LogP contribution in [0.15, 0.2) is 66.1 Å². The minimum atomic E-state index is -0.915. The quantitative estimate of drug-likeness (QED) is 0.317. The Morgan fingerprint density at radius 3 is 2.68 bits per heavy atom. The minimum Gasteiger partial charge on any atom is -0.453 e. The summed E-state index contributed by atoms with van der Waals surface area (Å²) in [5, 5.41) is 13.1. The number of aliphatic hydroxyl groups excluding tert-OH is 1. The van der Waals surface area contributed by atoms with Crippen molar-refractivity contribution in [1.29, 1.82) is 0 Å². The molecular formula is C27H31N3O6S. The Labute approximate surface area is 220 Å². The third-order valence-corrected chi connectivity index (χ3v) is 7.12. The van der Waals surface area contributed by atoms with Crippen LogP contribution in [-0.4, -0.2) is 44.5 Å². The number of carbonyl (C=O) groups excluding carboxylic acids is 2. The predicted molar refractivity (Wildman–Crippen MR) is 139 cm³/mol. The number of anilines is 1. The van der Waals surface area contributed by atoms with Crippen molar-refractivity contribution in [3.8, 4) is 0 Å². The van der Waals surface area contributed by atoms with E-state index >= 15 is 0 Å². The first-order valence-corrected chi connectivity index (χ1v) is 13.0. The predicted octanol–water partition coefficient (Wildman–Crippen LogP) is 4.14. The van der Waals surface area contributed by atoms with Gasteiger partial charge in [0.05, 0.1) is 18.8 Å². The zero-order valence-electron chi connectivity index (χ0n) is 21.0. The smallest absolute Gasteiger partial charge is 0.303 e. The molecule has 1 saturated heterocycles. The number of ether oxygens (including phenoxy) is 3. The van der Waals surface area contributed by atoms with Crippen LogP contribution in [0.2, 0.25) is 0 Å². The van der Waals surface area contributed by atoms with E-state index in [4.69, 9.17) is 14.2 Å². The SMILES string of the molecule is CC(=O)O[C@@H](C)C(=O)Nc1cccc([C@H]2O[C@@H](CSc3nccn3C)C[C@@H](c3ccc(CO)cc3)O2)c1. The maximum atomic E-state index is 12.4. The number of carbonyl (C=O) groups is 2. The van der Waals surface area contributed by atoms with Crippen molar-refractivity contribution in [3.63, 3.8) is 0 Å². The van der Waals surface area contributed by atoms with E-state index in [1.807, 2.05) is 54.2 Å². The fourth-order valence-corrected chi connectivity index (χ4v) is 4.94. The van der Waals surface area contributed by atoms with Crippen LogP contribution < -0.4 is 5.32 Å². The standard InChI is InChI=1S/C27H31N3O6S/c1-17(34-18(2)32)25(33)29-22-6-4-5-21(13-22)26-35-23(16-37-27-28-11-12-30(27)3)14-24(36-26)20-9-7-19(15-31)8-10-20/h4-13,17,23-24,26,31H,14-16H2,1-3H3,(H,29,33)/t17-,23+,24-,26-/m0/s1. The van der Waals surface area contributed by atoms with Gasteiger partial charge in [-0.3, -0.25) is 9.59 Å². The Balaban J connectivity index is 1.52. The molecule has 1 aliphatic rings. The van der Waals surface area contributed by atoms with Crippen molar-refractivity contribution >= 4 is 29.3 Å². The molecule has 2 N–H and O–H groups in total. The van der Waals surface area contributed by atoms with Gasteiger partial charge in [0.15, 0.2) is 17.6 Å². The number of amides is 1. The lowest BCUT2D eigenvalue weighted by Gasteiger charge is -2.36. The number of imidazole rings is 1. The van der Waals surface area contributed by atoms with E-state index in [1.54, 1.807) is 30.1 Å². The van der Waals surface area contributed by atoms with Crippen molar-refractivity contribution in [1.82, 2.24) is 9.55 Å². The highest BCUT2D eigenvalue weighted by Gasteiger charge is 2.32. The zero-order valence-corrected chi connectivity index (χ0v) is 21.8. The molecule has 1 aromatic heterocycles. The summed E-state index contributed by atoms with van der Waals surface area (Å²) in [6, 6.07) is 15.0. The van der Waals surface area contributed by atoms with Gasteiger partial charge in [0.1, 0.15) is 0 Å². The molecule has 0 aliphatic carbocycles. The highest BCUT2D eigenvalue weighted by molar-refractivity contribution is 7.99. The van der Waals surface area contributed by atoms with Crippen molar-refractivity contribution in [3.05, 3.63) is 77.6 Å². The van der Waals surface area contributed by atoms with Gasteiger partial charge in [-0.25, -0.2) is 4.98 Å². The van der Waals surface area contributed by atoms with E-state index in [1.165, 1.54) is 13.8 Å². The Bertz CT molecular complexity index is 1210. The highest BCUT2D eigenvalue weighted by atomic mass is 32.2. The lowest BCUT2D eigenvalue weighted by molar-refractivity contribution is -0.245. The summed E-state index contributed by atoms with van der Waals surface area (Å²) >= 11 is 1.62. The maximum absolute atomic E-state index is 12.4. The number of aromatic nitrogens is 2. The second-order valence-corrected chi connectivity index (χ2v) is 9.84. The highest BCUT2D eigenvalue weighted by Crippen LogP contribution is 2.39. The van der Waals surface area contributed by atoms with Crippen LogP contribution in [0, 0.1) is 0 Å². The van der Waals surface area contributed by atoms with Crippen LogP contribution in [0.4, 0.5) is 5.69 Å². The summed E-state index contributed by atoms with van der Waals surface area (Å²) < 4.78 is 19.7. The van der Waals surface area contributed by atoms with E-state index in [2.05, 4.69) is 10.3 Å². The number of benzene rings is 2. The summed E-state index contributed by atoms with van der Waals surface area (Å²) in [4.78, 5) is 28.0. The largest absolute Gasteiger partial charge is 0.453 e. The van der Waals surface area contributed by atoms with Crippen molar-refractivity contribution < 1.29 is 28.9 Å². The summed E-state index contributed by atoms with van der Waals surface area (Å²) in [5.74, 6) is -0.261. The monoisotopic (exact) mass is 525 g/mol. The molecule has 0 radical (unpaired) electrons. The van der Waals surface area contributed by atoms with E-state index in [-0.39, 0.29) is 18.8 Å². The second-order valence-electron chi connectivity index (χ2n) is 8.85. The molecule has 0 spiro atoms. The molecule has 1 aliphatic heterocycles. The molecule has 3 aromatic rings. The van der Waals surface area contributed by atoms with Gasteiger partial charge in [0.25, 0.3) is 5.91 Å². The molecule has 0 saturated carbocycles. The van der Waals surface area contributed by atoms with Crippen LogP contribution >= 0.6 is 11.8 Å². The molecule has 0 bridgehead atoms. The van der Waals surface area contributed by atoms with Crippen molar-refractivity contribution in [2.24, 2.45) is 7.05 Å². The second kappa shape index (κ2) is 12.4. The Morgan fingerprint density at radius 2 is 2.00 bits per heavy atom. The number of aryl methyl sites for hydroxylation is 1. The van der Waals surface area contributed by atoms with Crippen LogP contribution in [-0.2, 0) is 37.5 Å². The van der Waals surface area contributed by atoms with Crippen molar-refractivity contribution in [2.75, 3.05) is 11.1 Å². The summed E-state index contributed by atoms with van der Waals surface area (Å²) in [7, 11) is 1.95. The molecule has 1 amide bonds. The molecule has 9 nitrogen and oxygen atoms in total. The molecular weight excluding hydrogens is 494 g/mol. The molecule has 2 heterocycles. The number of hydrogen-bond acceptors (Lipinski definition) is 8. The van der Waals surface area contributed by atoms with Gasteiger partial charge in [-0.1, -0.05) is 48.2 Å². The van der Waals surface area contributed by atoms with E-state index < -0.39 is 24.3 Å². The van der Waals surface area contributed by atoms with Crippen LogP contribution in [0.3, 0.4) is 0 Å². The molecule has 1 fully saturated rings. The van der Waals surface area contributed by atoms with Gasteiger partial charge >= 0.3 is 5.97 Å². The summed E-state index contributed by atoms with van der Waals surface area (Å²) in [6.07, 6.45) is 2.41. The number of rotatable bonds is 9. The maximum Gasteiger partial charge on any atom is 0.303 e. The first-order valence-electron chi connectivity index (χ1n) is 12.0. The molecule has 4 atom stereocenters. The first-order chi connectivity index (χ1) is 17.8. The molecule has 4 rings (SSSR count). The van der Waals surface area contributed by atoms with Gasteiger partial charge in [0, 0.05) is 49.8 Å². The fraction of sp³-hybridized carbons (Fsp3) is 0.370. The van der Waals surface area contributed by atoms with E-state index in [0.717, 1.165) is 21.8 Å². The van der Waals surface area contributed by atoms with Gasteiger partial charge in [-0.05, 0) is 30.2 Å². The first kappa shape index (κ1) is 26.9. The zero-order chi connectivity index (χ0) is 26.4. The Morgan fingerprint density at radius 1 is 1.22 bits per heavy atom. The third kappa shape index (κ3) is 7.20. The average molecular weight is 526 g/mol. The third-order valence-electron chi connectivity index (χ3n) is 5.93. The van der Waals surface area contributed by atoms with Crippen LogP contribution in [0.1, 0.15) is 49.4 Å². The number of nitrogens with zero attached hydrogens (tertiary/aromatic N) is 2. The topological polar surface area (TPSA) is 112 Å². The molecule has 37 heavy (non-hydrogen) atoms. The lowest BCUT2D eigenvalue weighted by Crippen LogP contribution is -2.31. The molecule has 0 unspecified atom stereocenters. The van der Waals surface area contributed by atoms with Gasteiger partial charge in [-0.15, -0.1) is 0 Å². The minimum absolute atomic E-state index is 0.0188. The molecule has 10 heteroatoms. The number of thioether (sulfide) groups is 1. The summed E-state index contributed by atoms with van der Waals surface area (Å²) in [5.41, 5.74) is 3.13. The molecule has 196 valence electrons. The van der Waals surface area contributed by atoms with Crippen molar-refractivity contribution in [2.45, 2.75) is 56.6 Å². The van der Waals surface area contributed by atoms with Gasteiger partial charge in [0.2, 0.25) is 0 Å². The average Bonchev–Trinajstić information content (AvgIpc) is 3.31. The van der Waals surface area contributed by atoms with Gasteiger partial charge in [-0.2, -0.15) is 0 Å². The lowest BCUT2D eigenvalue weighted by atomic mass is 10.0. The van der Waals surface area contributed by atoms with Gasteiger partial charge < -0.3 is 29.2 Å². The molecule has 2 aromatic carbocycles. The van der Waals surface area contributed by atoms with Crippen LogP contribution in [0.5, 0.6) is 0 Å². The fourth-order valence-electron chi connectivity index (χ4n) is 3.99. The number of aliphatic hydroxyl groups is 1. The van der Waals surface area contributed by atoms with E-state index in [9.17, 15) is 14.7 Å². The van der Waals surface area contributed by atoms with E-state index in [0.29, 0.717) is 17.9 Å². The van der Waals surface area contributed by atoms with Crippen LogP contribution in [0.25, 0.3) is 0 Å². The number of nitrogens with one attached hydrogen (secondary N) is 1. The Hall–Kier alpha value is -3.18.